The van der Waals surface area contributed by atoms with Crippen molar-refractivity contribution in [3.63, 3.8) is 0 Å². The molecule has 0 saturated carbocycles. The van der Waals surface area contributed by atoms with Crippen LogP contribution in [0.15, 0.2) is 17.3 Å². The Hall–Kier alpha value is -1.71. The lowest BCUT2D eigenvalue weighted by Gasteiger charge is -2.07. The maximum Gasteiger partial charge on any atom is 0.244 e. The van der Waals surface area contributed by atoms with E-state index in [0.717, 1.165) is 0 Å². The van der Waals surface area contributed by atoms with Crippen LogP contribution in [0.2, 0.25) is 0 Å². The second-order valence-electron chi connectivity index (χ2n) is 4.73. The van der Waals surface area contributed by atoms with E-state index in [9.17, 15) is 8.42 Å². The molecule has 0 atom stereocenters. The van der Waals surface area contributed by atoms with Crippen molar-refractivity contribution in [3.8, 4) is 0 Å². The maximum absolute atomic E-state index is 12.4. The minimum Gasteiger partial charge on any atom is -0.394 e. The first-order valence-corrected chi connectivity index (χ1v) is 7.96. The van der Waals surface area contributed by atoms with Gasteiger partial charge in [-0.25, -0.2) is 18.1 Å². The average Bonchev–Trinajstić information content (AvgIpc) is 2.92. The van der Waals surface area contributed by atoms with Gasteiger partial charge in [-0.3, -0.25) is 4.68 Å². The monoisotopic (exact) mass is 313 g/mol. The van der Waals surface area contributed by atoms with Crippen molar-refractivity contribution in [3.05, 3.63) is 29.6 Å². The Bertz CT molecular complexity index is 732. The van der Waals surface area contributed by atoms with Gasteiger partial charge < -0.3 is 9.67 Å². The number of aromatic nitrogens is 4. The predicted molar refractivity (Wildman–Crippen MR) is 76.0 cm³/mol. The number of hydrogen-bond acceptors (Lipinski definition) is 5. The van der Waals surface area contributed by atoms with Crippen LogP contribution in [0.1, 0.15) is 17.2 Å². The van der Waals surface area contributed by atoms with Gasteiger partial charge in [-0.1, -0.05) is 0 Å². The number of nitrogens with one attached hydrogen (secondary N) is 1. The lowest BCUT2D eigenvalue weighted by atomic mass is 10.4. The number of imidazole rings is 1. The normalized spacial score (nSPS) is 12.0. The molecule has 0 radical (unpaired) electrons. The third-order valence-corrected chi connectivity index (χ3v) is 4.89. The summed E-state index contributed by atoms with van der Waals surface area (Å²) in [4.78, 5) is 4.23. The van der Waals surface area contributed by atoms with Crippen LogP contribution in [0.5, 0.6) is 0 Å². The lowest BCUT2D eigenvalue weighted by molar-refractivity contribution is 0.267. The van der Waals surface area contributed by atoms with Gasteiger partial charge in [0, 0.05) is 19.4 Å². The Balaban J connectivity index is 2.25. The molecule has 0 aromatic carbocycles. The third kappa shape index (κ3) is 3.14. The smallest absolute Gasteiger partial charge is 0.244 e. The third-order valence-electron chi connectivity index (χ3n) is 3.24. The zero-order valence-corrected chi connectivity index (χ0v) is 13.1. The van der Waals surface area contributed by atoms with Crippen LogP contribution in [0, 0.1) is 13.8 Å². The molecule has 2 N–H and O–H groups in total. The Labute approximate surface area is 123 Å². The number of hydrogen-bond donors (Lipinski definition) is 2. The largest absolute Gasteiger partial charge is 0.394 e. The van der Waals surface area contributed by atoms with E-state index in [0.29, 0.717) is 17.2 Å². The second kappa shape index (κ2) is 5.96. The van der Waals surface area contributed by atoms with Crippen molar-refractivity contribution in [2.75, 3.05) is 6.61 Å². The van der Waals surface area contributed by atoms with Crippen LogP contribution in [-0.2, 0) is 30.2 Å². The highest BCUT2D eigenvalue weighted by atomic mass is 32.2. The van der Waals surface area contributed by atoms with E-state index >= 15 is 0 Å². The van der Waals surface area contributed by atoms with Crippen molar-refractivity contribution < 1.29 is 13.5 Å². The molecule has 2 heterocycles. The SMILES string of the molecule is Cc1nn(CCO)c(C)c1S(=O)(=O)NCc1nccn1C. The van der Waals surface area contributed by atoms with E-state index in [4.69, 9.17) is 5.11 Å². The molecule has 9 heteroatoms. The molecule has 2 rings (SSSR count). The molecule has 0 unspecified atom stereocenters. The first-order valence-electron chi connectivity index (χ1n) is 6.47. The van der Waals surface area contributed by atoms with Crippen molar-refractivity contribution >= 4 is 10.0 Å². The zero-order valence-electron chi connectivity index (χ0n) is 12.2. The fourth-order valence-corrected chi connectivity index (χ4v) is 3.57. The van der Waals surface area contributed by atoms with Gasteiger partial charge in [0.1, 0.15) is 10.7 Å². The first kappa shape index (κ1) is 15.7. The molecule has 0 aliphatic heterocycles. The van der Waals surface area contributed by atoms with Gasteiger partial charge in [0.25, 0.3) is 0 Å². The Morgan fingerprint density at radius 2 is 2.10 bits per heavy atom. The second-order valence-corrected chi connectivity index (χ2v) is 6.43. The molecule has 0 spiro atoms. The zero-order chi connectivity index (χ0) is 15.6. The van der Waals surface area contributed by atoms with E-state index in [1.54, 1.807) is 37.9 Å². The average molecular weight is 313 g/mol. The molecule has 116 valence electrons. The standard InChI is InChI=1S/C12H19N5O3S/c1-9-12(10(2)17(15-9)6-7-18)21(19,20)14-8-11-13-4-5-16(11)3/h4-5,14,18H,6-8H2,1-3H3. The van der Waals surface area contributed by atoms with Crippen LogP contribution < -0.4 is 4.72 Å². The van der Waals surface area contributed by atoms with E-state index < -0.39 is 10.0 Å². The van der Waals surface area contributed by atoms with E-state index in [1.165, 1.54) is 4.68 Å². The Kier molecular flexibility index (Phi) is 4.45. The van der Waals surface area contributed by atoms with Crippen LogP contribution in [0.3, 0.4) is 0 Å². The fourth-order valence-electron chi connectivity index (χ4n) is 2.18. The molecule has 2 aromatic rings. The summed E-state index contributed by atoms with van der Waals surface area (Å²) in [5, 5.41) is 13.1. The van der Waals surface area contributed by atoms with Gasteiger partial charge in [-0.15, -0.1) is 0 Å². The van der Waals surface area contributed by atoms with Crippen LogP contribution in [0.25, 0.3) is 0 Å². The molecule has 0 bridgehead atoms. The van der Waals surface area contributed by atoms with E-state index in [1.807, 2.05) is 0 Å². The Morgan fingerprint density at radius 3 is 2.67 bits per heavy atom. The maximum atomic E-state index is 12.4. The summed E-state index contributed by atoms with van der Waals surface area (Å²) in [5.74, 6) is 0.622. The van der Waals surface area contributed by atoms with Gasteiger partial charge in [-0.05, 0) is 13.8 Å². The number of sulfonamides is 1. The topological polar surface area (TPSA) is 102 Å². The van der Waals surface area contributed by atoms with Crippen LogP contribution in [-0.4, -0.2) is 39.5 Å². The molecule has 8 nitrogen and oxygen atoms in total. The van der Waals surface area contributed by atoms with Gasteiger partial charge in [-0.2, -0.15) is 5.10 Å². The van der Waals surface area contributed by atoms with Crippen molar-refractivity contribution in [1.82, 2.24) is 24.1 Å². The Morgan fingerprint density at radius 1 is 1.38 bits per heavy atom. The molecule has 0 aliphatic carbocycles. The van der Waals surface area contributed by atoms with Crippen LogP contribution in [0.4, 0.5) is 0 Å². The van der Waals surface area contributed by atoms with E-state index in [2.05, 4.69) is 14.8 Å². The van der Waals surface area contributed by atoms with Crippen molar-refractivity contribution in [2.24, 2.45) is 7.05 Å². The van der Waals surface area contributed by atoms with Gasteiger partial charge >= 0.3 is 0 Å². The molecule has 0 aliphatic rings. The summed E-state index contributed by atoms with van der Waals surface area (Å²) in [6, 6.07) is 0. The highest BCUT2D eigenvalue weighted by Crippen LogP contribution is 2.19. The summed E-state index contributed by atoms with van der Waals surface area (Å²) >= 11 is 0. The molecular formula is C12H19N5O3S. The highest BCUT2D eigenvalue weighted by molar-refractivity contribution is 7.89. The number of aryl methyl sites for hydroxylation is 2. The molecule has 2 aromatic heterocycles. The van der Waals surface area contributed by atoms with Crippen molar-refractivity contribution in [1.29, 1.82) is 0 Å². The van der Waals surface area contributed by atoms with Crippen LogP contribution >= 0.6 is 0 Å². The number of nitrogens with zero attached hydrogens (tertiary/aromatic N) is 4. The van der Waals surface area contributed by atoms with Gasteiger partial charge in [0.2, 0.25) is 10.0 Å². The fraction of sp³-hybridized carbons (Fsp3) is 0.500. The van der Waals surface area contributed by atoms with Crippen molar-refractivity contribution in [2.45, 2.75) is 31.8 Å². The summed E-state index contributed by atoms with van der Waals surface area (Å²) in [5.41, 5.74) is 0.919. The summed E-state index contributed by atoms with van der Waals surface area (Å²) in [6.45, 7) is 3.58. The summed E-state index contributed by atoms with van der Waals surface area (Å²) < 4.78 is 30.6. The number of aliphatic hydroxyl groups excluding tert-OH is 1. The lowest BCUT2D eigenvalue weighted by Crippen LogP contribution is -2.25. The molecule has 0 fully saturated rings. The number of aliphatic hydroxyl groups is 1. The summed E-state index contributed by atoms with van der Waals surface area (Å²) in [7, 11) is -1.88. The quantitative estimate of drug-likeness (QED) is 0.762. The minimum absolute atomic E-state index is 0.0951. The van der Waals surface area contributed by atoms with Gasteiger partial charge in [0.15, 0.2) is 0 Å². The summed E-state index contributed by atoms with van der Waals surface area (Å²) in [6.07, 6.45) is 3.36. The molecular weight excluding hydrogens is 294 g/mol. The van der Waals surface area contributed by atoms with E-state index in [-0.39, 0.29) is 24.6 Å². The molecule has 0 amide bonds. The molecule has 0 saturated heterocycles. The first-order chi connectivity index (χ1) is 9.86. The predicted octanol–water partition coefficient (Wildman–Crippen LogP) is -0.296. The van der Waals surface area contributed by atoms with Gasteiger partial charge in [0.05, 0.1) is 31.1 Å². The highest BCUT2D eigenvalue weighted by Gasteiger charge is 2.24. The molecule has 21 heavy (non-hydrogen) atoms. The minimum atomic E-state index is -3.68. The number of rotatable bonds is 6.